The van der Waals surface area contributed by atoms with Crippen LogP contribution >= 0.6 is 0 Å². The molecule has 0 radical (unpaired) electrons. The Morgan fingerprint density at radius 3 is 2.86 bits per heavy atom. The Morgan fingerprint density at radius 2 is 2.04 bits per heavy atom. The predicted octanol–water partition coefficient (Wildman–Crippen LogP) is 3.00. The molecular formula is C22H25N5O. The number of hydrogen-bond acceptors (Lipinski definition) is 4. The van der Waals surface area contributed by atoms with Crippen LogP contribution in [0.5, 0.6) is 0 Å². The van der Waals surface area contributed by atoms with Gasteiger partial charge in [-0.25, -0.2) is 4.98 Å². The van der Waals surface area contributed by atoms with E-state index in [1.807, 2.05) is 24.3 Å². The maximum Gasteiger partial charge on any atom is 0.252 e. The van der Waals surface area contributed by atoms with Crippen molar-refractivity contribution in [3.05, 3.63) is 71.5 Å². The van der Waals surface area contributed by atoms with E-state index in [4.69, 9.17) is 0 Å². The minimum atomic E-state index is -0.0818. The summed E-state index contributed by atoms with van der Waals surface area (Å²) in [5.41, 5.74) is 4.19. The largest absolute Gasteiger partial charge is 0.351 e. The van der Waals surface area contributed by atoms with Crippen molar-refractivity contribution in [3.63, 3.8) is 0 Å². The lowest BCUT2D eigenvalue weighted by atomic mass is 9.94. The average molecular weight is 375 g/mol. The minimum Gasteiger partial charge on any atom is -0.351 e. The molecule has 0 spiro atoms. The van der Waals surface area contributed by atoms with Gasteiger partial charge in [0, 0.05) is 25.2 Å². The van der Waals surface area contributed by atoms with Crippen LogP contribution in [0.25, 0.3) is 11.4 Å². The molecule has 2 N–H and O–H groups in total. The molecule has 1 fully saturated rings. The number of nitrogens with zero attached hydrogens (tertiary/aromatic N) is 3. The quantitative estimate of drug-likeness (QED) is 0.695. The molecule has 28 heavy (non-hydrogen) atoms. The molecule has 0 bridgehead atoms. The third-order valence-electron chi connectivity index (χ3n) is 5.46. The lowest BCUT2D eigenvalue weighted by Gasteiger charge is -2.17. The normalized spacial score (nSPS) is 17.0. The number of hydrogen-bond donors (Lipinski definition) is 2. The van der Waals surface area contributed by atoms with Crippen molar-refractivity contribution in [2.75, 3.05) is 26.2 Å². The summed E-state index contributed by atoms with van der Waals surface area (Å²) < 4.78 is 0. The molecule has 6 heteroatoms. The van der Waals surface area contributed by atoms with E-state index in [9.17, 15) is 4.79 Å². The second kappa shape index (κ2) is 8.35. The summed E-state index contributed by atoms with van der Waals surface area (Å²) in [7, 11) is 0. The van der Waals surface area contributed by atoms with Gasteiger partial charge < -0.3 is 10.2 Å². The molecule has 2 aromatic carbocycles. The number of amides is 1. The zero-order chi connectivity index (χ0) is 19.3. The summed E-state index contributed by atoms with van der Waals surface area (Å²) in [5, 5.41) is 9.75. The summed E-state index contributed by atoms with van der Waals surface area (Å²) in [6.07, 6.45) is 2.62. The Kier molecular flexibility index (Phi) is 5.48. The van der Waals surface area contributed by atoms with E-state index in [-0.39, 0.29) is 5.91 Å². The van der Waals surface area contributed by atoms with Crippen LogP contribution in [0.3, 0.4) is 0 Å². The first-order chi connectivity index (χ1) is 13.7. The van der Waals surface area contributed by atoms with Crippen LogP contribution < -0.4 is 5.32 Å². The van der Waals surface area contributed by atoms with E-state index in [1.54, 1.807) is 0 Å². The fourth-order valence-electron chi connectivity index (χ4n) is 3.98. The molecule has 2 heterocycles. The van der Waals surface area contributed by atoms with Crippen LogP contribution in [0.15, 0.2) is 54.9 Å². The number of aromatic amines is 1. The number of nitrogens with one attached hydrogen (secondary N) is 2. The molecule has 0 aliphatic carbocycles. The molecule has 1 atom stereocenters. The molecule has 1 saturated heterocycles. The summed E-state index contributed by atoms with van der Waals surface area (Å²) in [5.74, 6) is 1.11. The Bertz CT molecular complexity index is 938. The van der Waals surface area contributed by atoms with Gasteiger partial charge >= 0.3 is 0 Å². The highest BCUT2D eigenvalue weighted by molar-refractivity contribution is 6.00. The fourth-order valence-corrected chi connectivity index (χ4v) is 3.98. The number of carbonyl (C=O) groups excluding carboxylic acids is 1. The van der Waals surface area contributed by atoms with Gasteiger partial charge in [0.15, 0.2) is 5.82 Å². The summed E-state index contributed by atoms with van der Waals surface area (Å²) >= 11 is 0. The van der Waals surface area contributed by atoms with Crippen LogP contribution in [-0.4, -0.2) is 52.2 Å². The second-order valence-electron chi connectivity index (χ2n) is 7.28. The SMILES string of the molecule is Cc1ccccc1[C@@H]1CCN(CCNC(=O)c2ccccc2-c2ncn[nH]2)C1. The van der Waals surface area contributed by atoms with E-state index in [2.05, 4.69) is 56.6 Å². The molecule has 1 amide bonds. The Labute approximate surface area is 165 Å². The van der Waals surface area contributed by atoms with Crippen molar-refractivity contribution in [2.24, 2.45) is 0 Å². The van der Waals surface area contributed by atoms with E-state index in [1.165, 1.54) is 23.9 Å². The van der Waals surface area contributed by atoms with E-state index >= 15 is 0 Å². The molecule has 4 rings (SSSR count). The first kappa shape index (κ1) is 18.4. The molecule has 3 aromatic rings. The van der Waals surface area contributed by atoms with Gasteiger partial charge in [-0.3, -0.25) is 9.89 Å². The third kappa shape index (κ3) is 3.97. The van der Waals surface area contributed by atoms with Crippen molar-refractivity contribution in [1.82, 2.24) is 25.4 Å². The molecular weight excluding hydrogens is 350 g/mol. The van der Waals surface area contributed by atoms with Crippen LogP contribution in [0.4, 0.5) is 0 Å². The van der Waals surface area contributed by atoms with E-state index in [0.29, 0.717) is 23.9 Å². The first-order valence-corrected chi connectivity index (χ1v) is 9.73. The highest BCUT2D eigenvalue weighted by Gasteiger charge is 2.24. The van der Waals surface area contributed by atoms with Gasteiger partial charge in [0.1, 0.15) is 6.33 Å². The fraction of sp³-hybridized carbons (Fsp3) is 0.318. The number of carbonyl (C=O) groups is 1. The van der Waals surface area contributed by atoms with Gasteiger partial charge in [-0.2, -0.15) is 5.10 Å². The standard InChI is InChI=1S/C22H25N5O/c1-16-6-2-3-7-18(16)17-10-12-27(14-17)13-11-23-22(28)20-9-5-4-8-19(20)21-24-15-25-26-21/h2-9,15,17H,10-14H2,1H3,(H,23,28)(H,24,25,26)/t17-/m1/s1. The minimum absolute atomic E-state index is 0.0818. The van der Waals surface area contributed by atoms with Gasteiger partial charge in [-0.15, -0.1) is 0 Å². The summed E-state index contributed by atoms with van der Waals surface area (Å²) in [6.45, 7) is 5.80. The van der Waals surface area contributed by atoms with Gasteiger partial charge in [0.05, 0.1) is 5.56 Å². The number of likely N-dealkylation sites (tertiary alicyclic amines) is 1. The van der Waals surface area contributed by atoms with Crippen LogP contribution in [-0.2, 0) is 0 Å². The molecule has 0 unspecified atom stereocenters. The number of H-pyrrole nitrogens is 1. The molecule has 144 valence electrons. The highest BCUT2D eigenvalue weighted by atomic mass is 16.1. The van der Waals surface area contributed by atoms with Crippen molar-refractivity contribution in [1.29, 1.82) is 0 Å². The van der Waals surface area contributed by atoms with Gasteiger partial charge in [-0.1, -0.05) is 42.5 Å². The Morgan fingerprint density at radius 1 is 1.21 bits per heavy atom. The number of benzene rings is 2. The monoisotopic (exact) mass is 375 g/mol. The maximum absolute atomic E-state index is 12.7. The van der Waals surface area contributed by atoms with Crippen molar-refractivity contribution in [3.8, 4) is 11.4 Å². The summed E-state index contributed by atoms with van der Waals surface area (Å²) in [4.78, 5) is 19.3. The average Bonchev–Trinajstić information content (AvgIpc) is 3.41. The van der Waals surface area contributed by atoms with Crippen LogP contribution in [0.2, 0.25) is 0 Å². The molecule has 6 nitrogen and oxygen atoms in total. The number of rotatable bonds is 6. The molecule has 0 saturated carbocycles. The smallest absolute Gasteiger partial charge is 0.252 e. The lowest BCUT2D eigenvalue weighted by Crippen LogP contribution is -2.34. The predicted molar refractivity (Wildman–Crippen MR) is 109 cm³/mol. The Hall–Kier alpha value is -2.99. The van der Waals surface area contributed by atoms with E-state index < -0.39 is 0 Å². The third-order valence-corrected chi connectivity index (χ3v) is 5.46. The number of aromatic nitrogens is 3. The van der Waals surface area contributed by atoms with Crippen LogP contribution in [0.1, 0.15) is 33.8 Å². The van der Waals surface area contributed by atoms with Crippen molar-refractivity contribution in [2.45, 2.75) is 19.3 Å². The van der Waals surface area contributed by atoms with Crippen molar-refractivity contribution >= 4 is 5.91 Å². The number of aryl methyl sites for hydroxylation is 1. The van der Waals surface area contributed by atoms with Crippen LogP contribution in [0, 0.1) is 6.92 Å². The molecule has 1 aliphatic heterocycles. The molecule has 1 aliphatic rings. The Balaban J connectivity index is 1.32. The highest BCUT2D eigenvalue weighted by Crippen LogP contribution is 2.29. The zero-order valence-corrected chi connectivity index (χ0v) is 16.1. The van der Waals surface area contributed by atoms with Crippen molar-refractivity contribution < 1.29 is 4.79 Å². The zero-order valence-electron chi connectivity index (χ0n) is 16.1. The molecule has 1 aromatic heterocycles. The van der Waals surface area contributed by atoms with Gasteiger partial charge in [0.2, 0.25) is 0 Å². The topological polar surface area (TPSA) is 73.9 Å². The van der Waals surface area contributed by atoms with E-state index in [0.717, 1.165) is 25.2 Å². The summed E-state index contributed by atoms with van der Waals surface area (Å²) in [6, 6.07) is 16.1. The lowest BCUT2D eigenvalue weighted by molar-refractivity contribution is 0.0950. The second-order valence-corrected chi connectivity index (χ2v) is 7.28. The maximum atomic E-state index is 12.7. The van der Waals surface area contributed by atoms with Gasteiger partial charge in [-0.05, 0) is 43.0 Å². The van der Waals surface area contributed by atoms with Gasteiger partial charge in [0.25, 0.3) is 5.91 Å². The first-order valence-electron chi connectivity index (χ1n) is 9.73.